The quantitative estimate of drug-likeness (QED) is 0.573. The van der Waals surface area contributed by atoms with Crippen LogP contribution in [0.4, 0.5) is 0 Å². The summed E-state index contributed by atoms with van der Waals surface area (Å²) in [6, 6.07) is 9.96. The van der Waals surface area contributed by atoms with Gasteiger partial charge >= 0.3 is 0 Å². The van der Waals surface area contributed by atoms with Crippen LogP contribution in [0.5, 0.6) is 0 Å². The Morgan fingerprint density at radius 1 is 1.18 bits per heavy atom. The number of para-hydroxylation sites is 1. The highest BCUT2D eigenvalue weighted by molar-refractivity contribution is 7.99. The average Bonchev–Trinajstić information content (AvgIpc) is 3.27. The SMILES string of the molecule is c1ccc2c(-c3nnc(SCCn4cccn4)o3)c[nH]c2c1. The van der Waals surface area contributed by atoms with E-state index in [9.17, 15) is 0 Å². The first kappa shape index (κ1) is 13.1. The van der Waals surface area contributed by atoms with E-state index < -0.39 is 0 Å². The van der Waals surface area contributed by atoms with E-state index in [4.69, 9.17) is 4.42 Å². The van der Waals surface area contributed by atoms with Gasteiger partial charge in [0.05, 0.1) is 12.1 Å². The Morgan fingerprint density at radius 2 is 2.14 bits per heavy atom. The third kappa shape index (κ3) is 2.50. The molecule has 0 atom stereocenters. The standard InChI is InChI=1S/C15H13N5OS/c1-2-5-13-11(4-1)12(10-16-13)14-18-19-15(21-14)22-9-8-20-7-3-6-17-20/h1-7,10,16H,8-9H2. The van der Waals surface area contributed by atoms with Crippen molar-refractivity contribution in [3.63, 3.8) is 0 Å². The molecule has 3 heterocycles. The lowest BCUT2D eigenvalue weighted by Gasteiger charge is -1.97. The highest BCUT2D eigenvalue weighted by atomic mass is 32.2. The van der Waals surface area contributed by atoms with E-state index in [1.165, 1.54) is 11.8 Å². The summed E-state index contributed by atoms with van der Waals surface area (Å²) in [7, 11) is 0. The zero-order chi connectivity index (χ0) is 14.8. The first-order chi connectivity index (χ1) is 10.9. The summed E-state index contributed by atoms with van der Waals surface area (Å²) in [6.07, 6.45) is 5.61. The normalized spacial score (nSPS) is 11.3. The van der Waals surface area contributed by atoms with Gasteiger partial charge in [-0.25, -0.2) is 0 Å². The first-order valence-corrected chi connectivity index (χ1v) is 7.89. The van der Waals surface area contributed by atoms with E-state index in [1.807, 2.05) is 47.4 Å². The van der Waals surface area contributed by atoms with Gasteiger partial charge in [-0.05, 0) is 12.1 Å². The molecule has 0 spiro atoms. The van der Waals surface area contributed by atoms with Gasteiger partial charge in [0, 0.05) is 35.2 Å². The van der Waals surface area contributed by atoms with Gasteiger partial charge < -0.3 is 9.40 Å². The van der Waals surface area contributed by atoms with Crippen molar-refractivity contribution >= 4 is 22.7 Å². The lowest BCUT2D eigenvalue weighted by Crippen LogP contribution is -2.00. The minimum absolute atomic E-state index is 0.541. The van der Waals surface area contributed by atoms with Crippen LogP contribution in [0.2, 0.25) is 0 Å². The summed E-state index contributed by atoms with van der Waals surface area (Å²) >= 11 is 1.53. The molecule has 22 heavy (non-hydrogen) atoms. The van der Waals surface area contributed by atoms with Crippen LogP contribution in [0.1, 0.15) is 0 Å². The Balaban J connectivity index is 1.49. The predicted octanol–water partition coefficient (Wildman–Crippen LogP) is 3.21. The fraction of sp³-hybridized carbons (Fsp3) is 0.133. The molecule has 0 fully saturated rings. The molecule has 4 rings (SSSR count). The highest BCUT2D eigenvalue weighted by Gasteiger charge is 2.13. The number of fused-ring (bicyclic) bond motifs is 1. The summed E-state index contributed by atoms with van der Waals surface area (Å²) in [5.41, 5.74) is 1.99. The maximum atomic E-state index is 5.75. The lowest BCUT2D eigenvalue weighted by molar-refractivity contribution is 0.465. The zero-order valence-electron chi connectivity index (χ0n) is 11.6. The van der Waals surface area contributed by atoms with Crippen molar-refractivity contribution < 1.29 is 4.42 Å². The molecule has 0 unspecified atom stereocenters. The van der Waals surface area contributed by atoms with Crippen LogP contribution in [-0.4, -0.2) is 30.7 Å². The van der Waals surface area contributed by atoms with E-state index in [0.29, 0.717) is 11.1 Å². The van der Waals surface area contributed by atoms with Crippen molar-refractivity contribution in [1.82, 2.24) is 25.0 Å². The Labute approximate surface area is 130 Å². The molecule has 1 aromatic carbocycles. The van der Waals surface area contributed by atoms with Gasteiger partial charge in [-0.3, -0.25) is 4.68 Å². The molecule has 6 nitrogen and oxygen atoms in total. The van der Waals surface area contributed by atoms with Crippen molar-refractivity contribution in [2.75, 3.05) is 5.75 Å². The van der Waals surface area contributed by atoms with Crippen LogP contribution in [-0.2, 0) is 6.54 Å². The van der Waals surface area contributed by atoms with Crippen LogP contribution in [0.25, 0.3) is 22.4 Å². The monoisotopic (exact) mass is 311 g/mol. The van der Waals surface area contributed by atoms with E-state index in [-0.39, 0.29) is 0 Å². The summed E-state index contributed by atoms with van der Waals surface area (Å²) in [5, 5.41) is 14.1. The summed E-state index contributed by atoms with van der Waals surface area (Å²) in [4.78, 5) is 3.21. The molecule has 0 aliphatic carbocycles. The number of aromatic amines is 1. The van der Waals surface area contributed by atoms with Crippen molar-refractivity contribution in [2.24, 2.45) is 0 Å². The van der Waals surface area contributed by atoms with Crippen LogP contribution >= 0.6 is 11.8 Å². The van der Waals surface area contributed by atoms with Crippen molar-refractivity contribution in [2.45, 2.75) is 11.8 Å². The predicted molar refractivity (Wildman–Crippen MR) is 84.5 cm³/mol. The Bertz CT molecular complexity index is 880. The summed E-state index contributed by atoms with van der Waals surface area (Å²) in [5.74, 6) is 1.37. The third-order valence-electron chi connectivity index (χ3n) is 3.33. The fourth-order valence-corrected chi connectivity index (χ4v) is 2.97. The van der Waals surface area contributed by atoms with Gasteiger partial charge in [-0.1, -0.05) is 30.0 Å². The highest BCUT2D eigenvalue weighted by Crippen LogP contribution is 2.29. The molecule has 0 saturated heterocycles. The van der Waals surface area contributed by atoms with Crippen molar-refractivity contribution in [3.05, 3.63) is 48.9 Å². The molecule has 0 aliphatic rings. The van der Waals surface area contributed by atoms with Gasteiger partial charge in [-0.15, -0.1) is 10.2 Å². The van der Waals surface area contributed by atoms with Crippen LogP contribution in [0.15, 0.2) is 58.6 Å². The number of H-pyrrole nitrogens is 1. The number of aromatic nitrogens is 5. The smallest absolute Gasteiger partial charge is 0.276 e. The fourth-order valence-electron chi connectivity index (χ4n) is 2.28. The number of aryl methyl sites for hydroxylation is 1. The summed E-state index contributed by atoms with van der Waals surface area (Å²) < 4.78 is 7.63. The minimum Gasteiger partial charge on any atom is -0.411 e. The molecule has 110 valence electrons. The van der Waals surface area contributed by atoms with Gasteiger partial charge in [0.2, 0.25) is 0 Å². The number of nitrogens with one attached hydrogen (secondary N) is 1. The van der Waals surface area contributed by atoms with E-state index >= 15 is 0 Å². The van der Waals surface area contributed by atoms with Gasteiger partial charge in [-0.2, -0.15) is 5.10 Å². The van der Waals surface area contributed by atoms with E-state index in [0.717, 1.165) is 28.8 Å². The van der Waals surface area contributed by atoms with Crippen LogP contribution in [0, 0.1) is 0 Å². The number of nitrogens with zero attached hydrogens (tertiary/aromatic N) is 4. The number of rotatable bonds is 5. The number of thioether (sulfide) groups is 1. The zero-order valence-corrected chi connectivity index (χ0v) is 12.5. The minimum atomic E-state index is 0.541. The second-order valence-corrected chi connectivity index (χ2v) is 5.78. The molecule has 7 heteroatoms. The lowest BCUT2D eigenvalue weighted by atomic mass is 10.2. The molecule has 0 saturated carbocycles. The largest absolute Gasteiger partial charge is 0.411 e. The molecule has 0 aliphatic heterocycles. The second-order valence-electron chi connectivity index (χ2n) is 4.74. The topological polar surface area (TPSA) is 72.5 Å². The van der Waals surface area contributed by atoms with Crippen LogP contribution < -0.4 is 0 Å². The maximum absolute atomic E-state index is 5.75. The molecular weight excluding hydrogens is 298 g/mol. The van der Waals surface area contributed by atoms with Crippen molar-refractivity contribution in [1.29, 1.82) is 0 Å². The van der Waals surface area contributed by atoms with Gasteiger partial charge in [0.25, 0.3) is 11.1 Å². The third-order valence-corrected chi connectivity index (χ3v) is 4.13. The van der Waals surface area contributed by atoms with Crippen LogP contribution in [0.3, 0.4) is 0 Å². The number of benzene rings is 1. The molecule has 0 amide bonds. The van der Waals surface area contributed by atoms with E-state index in [1.54, 1.807) is 6.20 Å². The molecule has 0 bridgehead atoms. The Morgan fingerprint density at radius 3 is 3.05 bits per heavy atom. The number of hydrogen-bond donors (Lipinski definition) is 1. The molecule has 3 aromatic heterocycles. The molecule has 1 N–H and O–H groups in total. The summed E-state index contributed by atoms with van der Waals surface area (Å²) in [6.45, 7) is 0.808. The van der Waals surface area contributed by atoms with Gasteiger partial charge in [0.1, 0.15) is 0 Å². The van der Waals surface area contributed by atoms with Gasteiger partial charge in [0.15, 0.2) is 0 Å². The molecular formula is C15H13N5OS. The Kier molecular flexibility index (Phi) is 3.40. The first-order valence-electron chi connectivity index (χ1n) is 6.90. The average molecular weight is 311 g/mol. The molecule has 0 radical (unpaired) electrons. The maximum Gasteiger partial charge on any atom is 0.276 e. The van der Waals surface area contributed by atoms with E-state index in [2.05, 4.69) is 20.3 Å². The van der Waals surface area contributed by atoms with Crippen molar-refractivity contribution in [3.8, 4) is 11.5 Å². The second kappa shape index (κ2) is 5.69. The Hall–Kier alpha value is -2.54. The number of hydrogen-bond acceptors (Lipinski definition) is 5. The molecule has 4 aromatic rings.